The van der Waals surface area contributed by atoms with E-state index in [0.717, 1.165) is 29.0 Å². The number of anilines is 1. The van der Waals surface area contributed by atoms with Crippen molar-refractivity contribution in [2.75, 3.05) is 44.4 Å². The Morgan fingerprint density at radius 2 is 1.74 bits per heavy atom. The van der Waals surface area contributed by atoms with Crippen LogP contribution in [0.25, 0.3) is 11.2 Å². The minimum absolute atomic E-state index is 0.0259. The molecule has 3 rings (SSSR count). The number of aliphatic hydroxyl groups is 3. The van der Waals surface area contributed by atoms with Crippen LogP contribution in [-0.4, -0.2) is 134 Å². The molecule has 1 aliphatic rings. The smallest absolute Gasteiger partial charge is 0.396 e. The summed E-state index contributed by atoms with van der Waals surface area (Å²) in [5, 5.41) is 35.0. The molecule has 1 aliphatic heterocycles. The SMILES string of the molecule is CC(CO)C(=O)SCCNC(=O)CCNC(=O)C(O)C(C)(C)COP(=O)(O)OP(=O)(O)OC[C@H]1O[C@@H](n2cnc3c(N)ncnc32)[C@H](O)[C@@H]1OP(=O)(O)O. The van der Waals surface area contributed by atoms with Crippen LogP contribution in [0.2, 0.25) is 0 Å². The number of phosphoric acid groups is 3. The number of fused-ring (bicyclic) bond motifs is 1. The molecule has 306 valence electrons. The highest BCUT2D eigenvalue weighted by atomic mass is 32.2. The third kappa shape index (κ3) is 13.3. The molecule has 11 N–H and O–H groups in total. The Morgan fingerprint density at radius 1 is 1.07 bits per heavy atom. The first-order valence-corrected chi connectivity index (χ1v) is 21.1. The van der Waals surface area contributed by atoms with Crippen LogP contribution in [0.15, 0.2) is 12.7 Å². The predicted molar refractivity (Wildman–Crippen MR) is 183 cm³/mol. The lowest BCUT2D eigenvalue weighted by Crippen LogP contribution is -2.46. The monoisotopic (exact) mass is 853 g/mol. The number of phosphoric ester groups is 3. The molecule has 29 heteroatoms. The Bertz CT molecular complexity index is 1780. The average molecular weight is 854 g/mol. The first kappa shape index (κ1) is 45.9. The average Bonchev–Trinajstić information content (AvgIpc) is 3.64. The van der Waals surface area contributed by atoms with Gasteiger partial charge in [0.15, 0.2) is 22.8 Å². The quantitative estimate of drug-likeness (QED) is 0.0494. The van der Waals surface area contributed by atoms with Crippen molar-refractivity contribution in [1.82, 2.24) is 30.2 Å². The highest BCUT2D eigenvalue weighted by Gasteiger charge is 2.50. The third-order valence-corrected chi connectivity index (χ3v) is 11.6. The molecule has 3 heterocycles. The highest BCUT2D eigenvalue weighted by molar-refractivity contribution is 8.13. The second kappa shape index (κ2) is 19.1. The summed E-state index contributed by atoms with van der Waals surface area (Å²) in [5.74, 6) is -1.80. The van der Waals surface area contributed by atoms with Gasteiger partial charge in [-0.1, -0.05) is 32.5 Å². The molecule has 54 heavy (non-hydrogen) atoms. The molecule has 2 aromatic heterocycles. The number of aromatic nitrogens is 4. The van der Waals surface area contributed by atoms with E-state index in [2.05, 4.69) is 34.4 Å². The fraction of sp³-hybridized carbons (Fsp3) is 0.680. The summed E-state index contributed by atoms with van der Waals surface area (Å²) >= 11 is 0.943. The lowest BCUT2D eigenvalue weighted by molar-refractivity contribution is -0.137. The number of nitrogens with one attached hydrogen (secondary N) is 2. The Morgan fingerprint density at radius 3 is 2.39 bits per heavy atom. The predicted octanol–water partition coefficient (Wildman–Crippen LogP) is -1.71. The van der Waals surface area contributed by atoms with Gasteiger partial charge in [0.05, 0.1) is 26.1 Å². The first-order valence-electron chi connectivity index (χ1n) is 15.6. The van der Waals surface area contributed by atoms with Gasteiger partial charge in [-0.3, -0.25) is 32.5 Å². The van der Waals surface area contributed by atoms with Crippen molar-refractivity contribution in [3.63, 3.8) is 0 Å². The number of carbonyl (C=O) groups excluding carboxylic acids is 3. The second-order valence-corrected chi connectivity index (χ2v) is 17.7. The van der Waals surface area contributed by atoms with E-state index in [1.807, 2.05) is 0 Å². The van der Waals surface area contributed by atoms with Gasteiger partial charge in [0.1, 0.15) is 36.3 Å². The summed E-state index contributed by atoms with van der Waals surface area (Å²) in [7, 11) is -16.4. The number of aliphatic hydroxyl groups excluding tert-OH is 3. The van der Waals surface area contributed by atoms with E-state index in [-0.39, 0.29) is 54.0 Å². The fourth-order valence-electron chi connectivity index (χ4n) is 4.50. The maximum absolute atomic E-state index is 12.6. The van der Waals surface area contributed by atoms with Gasteiger partial charge < -0.3 is 56.0 Å². The Labute approximate surface area is 310 Å². The molecular weight excluding hydrogens is 811 g/mol. The van der Waals surface area contributed by atoms with Gasteiger partial charge in [-0.25, -0.2) is 28.6 Å². The Hall–Kier alpha value is -2.48. The van der Waals surface area contributed by atoms with E-state index in [4.69, 9.17) is 24.6 Å². The number of hydrogen-bond donors (Lipinski definition) is 10. The molecule has 2 aromatic rings. The maximum Gasteiger partial charge on any atom is 0.481 e. The summed E-state index contributed by atoms with van der Waals surface area (Å²) in [6.07, 6.45) is -6.99. The first-order chi connectivity index (χ1) is 25.0. The van der Waals surface area contributed by atoms with Crippen molar-refractivity contribution in [2.45, 2.75) is 57.8 Å². The molecule has 2 amide bonds. The number of imidazole rings is 1. The summed E-state index contributed by atoms with van der Waals surface area (Å²) in [6.45, 7) is 1.62. The molecule has 0 radical (unpaired) electrons. The van der Waals surface area contributed by atoms with Gasteiger partial charge in [0.25, 0.3) is 0 Å². The van der Waals surface area contributed by atoms with Crippen molar-refractivity contribution in [2.24, 2.45) is 11.3 Å². The lowest BCUT2D eigenvalue weighted by Gasteiger charge is -2.30. The molecule has 8 atom stereocenters. The minimum Gasteiger partial charge on any atom is -0.396 e. The van der Waals surface area contributed by atoms with E-state index in [9.17, 15) is 57.9 Å². The van der Waals surface area contributed by atoms with Crippen LogP contribution in [0, 0.1) is 11.3 Å². The maximum atomic E-state index is 12.6. The van der Waals surface area contributed by atoms with Crippen molar-refractivity contribution >= 4 is 69.1 Å². The van der Waals surface area contributed by atoms with Gasteiger partial charge in [-0.05, 0) is 0 Å². The number of carbonyl (C=O) groups is 3. The van der Waals surface area contributed by atoms with Crippen molar-refractivity contribution in [1.29, 1.82) is 0 Å². The lowest BCUT2D eigenvalue weighted by atomic mass is 9.87. The summed E-state index contributed by atoms with van der Waals surface area (Å²) < 4.78 is 61.9. The molecule has 4 unspecified atom stereocenters. The molecular formula is C25H42N7O18P3S. The standard InChI is InChI=1S/C25H42N7O18P3S/c1-13(8-33)24(38)54-7-6-27-15(34)4-5-28-22(37)19(36)25(2,3)10-47-53(44,45)50-52(42,43)46-9-14-18(49-51(39,40)41)17(35)23(48-14)32-12-31-16-20(26)29-11-30-21(16)32/h11-14,17-19,23,33,35-36H,4-10H2,1-3H3,(H,27,34)(H,28,37)(H,42,43)(H,44,45)(H2,26,29,30)(H2,39,40,41)/t13?,14-,17-,18-,19?,23-/m1/s1. The zero-order chi connectivity index (χ0) is 40.6. The van der Waals surface area contributed by atoms with Crippen LogP contribution in [0.4, 0.5) is 5.82 Å². The number of nitrogen functional groups attached to an aromatic ring is 1. The van der Waals surface area contributed by atoms with Gasteiger partial charge in [-0.15, -0.1) is 0 Å². The van der Waals surface area contributed by atoms with E-state index < -0.39 is 90.5 Å². The highest BCUT2D eigenvalue weighted by Crippen LogP contribution is 2.61. The second-order valence-electron chi connectivity index (χ2n) is 12.3. The van der Waals surface area contributed by atoms with E-state index in [1.165, 1.54) is 13.8 Å². The van der Waals surface area contributed by atoms with Crippen molar-refractivity contribution < 1.29 is 85.6 Å². The molecule has 0 aliphatic carbocycles. The number of nitrogens with two attached hydrogens (primary N) is 1. The number of thioether (sulfide) groups is 1. The van der Waals surface area contributed by atoms with Crippen LogP contribution >= 0.6 is 35.2 Å². The number of amides is 2. The molecule has 1 fully saturated rings. The fourth-order valence-corrected chi connectivity index (χ4v) is 8.09. The largest absolute Gasteiger partial charge is 0.481 e. The third-order valence-electron chi connectivity index (χ3n) is 7.42. The number of nitrogens with zero attached hydrogens (tertiary/aromatic N) is 4. The number of rotatable bonds is 21. The summed E-state index contributed by atoms with van der Waals surface area (Å²) in [4.78, 5) is 87.0. The van der Waals surface area contributed by atoms with Gasteiger partial charge >= 0.3 is 23.5 Å². The number of hydrogen-bond acceptors (Lipinski definition) is 19. The van der Waals surface area contributed by atoms with Crippen LogP contribution in [-0.2, 0) is 50.7 Å². The zero-order valence-electron chi connectivity index (χ0n) is 28.8. The van der Waals surface area contributed by atoms with Crippen molar-refractivity contribution in [3.05, 3.63) is 12.7 Å². The van der Waals surface area contributed by atoms with Gasteiger partial charge in [0, 0.05) is 36.6 Å². The topological polar surface area (TPSA) is 384 Å². The van der Waals surface area contributed by atoms with Crippen LogP contribution in [0.1, 0.15) is 33.4 Å². The van der Waals surface area contributed by atoms with Crippen LogP contribution in [0.3, 0.4) is 0 Å². The van der Waals surface area contributed by atoms with Crippen LogP contribution in [0.5, 0.6) is 0 Å². The molecule has 0 spiro atoms. The molecule has 0 aromatic carbocycles. The Balaban J connectivity index is 1.51. The van der Waals surface area contributed by atoms with E-state index >= 15 is 0 Å². The Kier molecular flexibility index (Phi) is 16.2. The van der Waals surface area contributed by atoms with Gasteiger partial charge in [-0.2, -0.15) is 4.31 Å². The van der Waals surface area contributed by atoms with Gasteiger partial charge in [0.2, 0.25) is 11.8 Å². The molecule has 0 bridgehead atoms. The molecule has 0 saturated carbocycles. The zero-order valence-corrected chi connectivity index (χ0v) is 32.3. The van der Waals surface area contributed by atoms with E-state index in [1.54, 1.807) is 6.92 Å². The molecule has 1 saturated heterocycles. The van der Waals surface area contributed by atoms with E-state index in [0.29, 0.717) is 0 Å². The van der Waals surface area contributed by atoms with Crippen LogP contribution < -0.4 is 16.4 Å². The summed E-state index contributed by atoms with van der Waals surface area (Å²) in [6, 6.07) is 0. The normalized spacial score (nSPS) is 22.6. The summed E-state index contributed by atoms with van der Waals surface area (Å²) in [5.41, 5.74) is 4.23. The van der Waals surface area contributed by atoms with Crippen molar-refractivity contribution in [3.8, 4) is 0 Å². The number of ether oxygens (including phenoxy) is 1. The molecule has 25 nitrogen and oxygen atoms in total. The minimum atomic E-state index is -5.57.